The van der Waals surface area contributed by atoms with E-state index in [2.05, 4.69) is 26.1 Å². The van der Waals surface area contributed by atoms with Crippen molar-refractivity contribution in [1.82, 2.24) is 0 Å². The van der Waals surface area contributed by atoms with E-state index in [-0.39, 0.29) is 16.1 Å². The Balaban J connectivity index is 2.94. The largest absolute Gasteiger partial charge is 0.380 e. The molecule has 0 radical (unpaired) electrons. The molecule has 0 saturated carbocycles. The quantitative estimate of drug-likeness (QED) is 0.626. The summed E-state index contributed by atoms with van der Waals surface area (Å²) in [6.45, 7) is 8.06. The van der Waals surface area contributed by atoms with Gasteiger partial charge in [-0.05, 0) is 39.3 Å². The van der Waals surface area contributed by atoms with Crippen LogP contribution in [0.5, 0.6) is 0 Å². The van der Waals surface area contributed by atoms with Gasteiger partial charge < -0.3 is 5.32 Å². The lowest BCUT2D eigenvalue weighted by Gasteiger charge is -2.26. The molecule has 4 heteroatoms. The molecular weight excluding hydrogens is 204 g/mol. The van der Waals surface area contributed by atoms with E-state index in [0.29, 0.717) is 5.56 Å². The zero-order valence-electron chi connectivity index (χ0n) is 10.2. The van der Waals surface area contributed by atoms with Crippen LogP contribution in [-0.2, 0) is 0 Å². The van der Waals surface area contributed by atoms with Crippen LogP contribution < -0.4 is 5.32 Å². The smallest absolute Gasteiger partial charge is 0.272 e. The van der Waals surface area contributed by atoms with Gasteiger partial charge in [0.2, 0.25) is 0 Å². The van der Waals surface area contributed by atoms with Crippen LogP contribution in [0.4, 0.5) is 11.4 Å². The second-order valence-corrected chi connectivity index (χ2v) is 4.62. The second-order valence-electron chi connectivity index (χ2n) is 4.62. The lowest BCUT2D eigenvalue weighted by Crippen LogP contribution is -2.29. The average molecular weight is 222 g/mol. The number of nitrogens with one attached hydrogen (secondary N) is 1. The highest BCUT2D eigenvalue weighted by molar-refractivity contribution is 5.54. The first-order chi connectivity index (χ1) is 7.35. The number of anilines is 1. The van der Waals surface area contributed by atoms with Crippen molar-refractivity contribution in [3.05, 3.63) is 33.9 Å². The van der Waals surface area contributed by atoms with E-state index in [1.807, 2.05) is 6.07 Å². The number of aryl methyl sites for hydroxylation is 1. The maximum absolute atomic E-state index is 10.7. The van der Waals surface area contributed by atoms with Gasteiger partial charge in [0, 0.05) is 22.9 Å². The predicted octanol–water partition coefficient (Wildman–Crippen LogP) is 3.50. The molecule has 1 N–H and O–H groups in total. The summed E-state index contributed by atoms with van der Waals surface area (Å²) in [6, 6.07) is 5.11. The highest BCUT2D eigenvalue weighted by Gasteiger charge is 2.16. The molecule has 0 heterocycles. The number of hydrogen-bond acceptors (Lipinski definition) is 3. The Labute approximate surface area is 95.8 Å². The summed E-state index contributed by atoms with van der Waals surface area (Å²) in [5.41, 5.74) is 1.78. The fourth-order valence-corrected chi connectivity index (χ4v) is 1.42. The molecule has 16 heavy (non-hydrogen) atoms. The molecule has 1 aromatic carbocycles. The summed E-state index contributed by atoms with van der Waals surface area (Å²) in [5.74, 6) is 0. The first-order valence-corrected chi connectivity index (χ1v) is 5.39. The molecule has 0 aromatic heterocycles. The maximum Gasteiger partial charge on any atom is 0.272 e. The van der Waals surface area contributed by atoms with Crippen molar-refractivity contribution < 1.29 is 4.92 Å². The van der Waals surface area contributed by atoms with E-state index in [9.17, 15) is 10.1 Å². The van der Waals surface area contributed by atoms with Crippen molar-refractivity contribution >= 4 is 11.4 Å². The summed E-state index contributed by atoms with van der Waals surface area (Å²) in [5, 5.41) is 14.0. The van der Waals surface area contributed by atoms with Crippen LogP contribution in [0.1, 0.15) is 32.8 Å². The molecule has 1 aromatic rings. The van der Waals surface area contributed by atoms with Gasteiger partial charge in [0.25, 0.3) is 5.69 Å². The van der Waals surface area contributed by atoms with Crippen molar-refractivity contribution in [3.8, 4) is 0 Å². The highest BCUT2D eigenvalue weighted by Crippen LogP contribution is 2.24. The molecule has 0 aliphatic heterocycles. The van der Waals surface area contributed by atoms with Gasteiger partial charge >= 0.3 is 0 Å². The molecular formula is C12H18N2O2. The Morgan fingerprint density at radius 1 is 1.44 bits per heavy atom. The lowest BCUT2D eigenvalue weighted by molar-refractivity contribution is -0.385. The summed E-state index contributed by atoms with van der Waals surface area (Å²) >= 11 is 0. The lowest BCUT2D eigenvalue weighted by atomic mass is 10.0. The van der Waals surface area contributed by atoms with Crippen LogP contribution in [0.2, 0.25) is 0 Å². The van der Waals surface area contributed by atoms with Crippen LogP contribution in [0.3, 0.4) is 0 Å². The van der Waals surface area contributed by atoms with E-state index in [4.69, 9.17) is 0 Å². The van der Waals surface area contributed by atoms with Crippen LogP contribution in [0, 0.1) is 17.0 Å². The minimum absolute atomic E-state index is 0.00255. The van der Waals surface area contributed by atoms with E-state index in [1.54, 1.807) is 19.1 Å². The van der Waals surface area contributed by atoms with E-state index < -0.39 is 0 Å². The highest BCUT2D eigenvalue weighted by atomic mass is 16.6. The van der Waals surface area contributed by atoms with Crippen molar-refractivity contribution in [2.24, 2.45) is 0 Å². The standard InChI is InChI=1S/C12H18N2O2/c1-5-12(3,4)13-10-6-7-11(14(15)16)9(2)8-10/h6-8,13H,5H2,1-4H3. The van der Waals surface area contributed by atoms with Gasteiger partial charge in [0.05, 0.1) is 4.92 Å². The molecule has 1 rings (SSSR count). The first-order valence-electron chi connectivity index (χ1n) is 5.39. The summed E-state index contributed by atoms with van der Waals surface area (Å²) in [6.07, 6.45) is 0.989. The van der Waals surface area contributed by atoms with Crippen LogP contribution in [-0.4, -0.2) is 10.5 Å². The first kappa shape index (κ1) is 12.5. The Morgan fingerprint density at radius 2 is 2.06 bits per heavy atom. The molecule has 88 valence electrons. The third kappa shape index (κ3) is 2.95. The van der Waals surface area contributed by atoms with Gasteiger partial charge in [0.15, 0.2) is 0 Å². The molecule has 0 unspecified atom stereocenters. The second kappa shape index (κ2) is 4.51. The SMILES string of the molecule is CCC(C)(C)Nc1ccc([N+](=O)[O-])c(C)c1. The van der Waals surface area contributed by atoms with Crippen molar-refractivity contribution in [1.29, 1.82) is 0 Å². The van der Waals surface area contributed by atoms with Gasteiger partial charge in [0.1, 0.15) is 0 Å². The maximum atomic E-state index is 10.7. The number of hydrogen-bond donors (Lipinski definition) is 1. The molecule has 4 nitrogen and oxygen atoms in total. The number of benzene rings is 1. The zero-order chi connectivity index (χ0) is 12.3. The Hall–Kier alpha value is -1.58. The topological polar surface area (TPSA) is 55.2 Å². The molecule has 0 spiro atoms. The monoisotopic (exact) mass is 222 g/mol. The Kier molecular flexibility index (Phi) is 3.52. The summed E-state index contributed by atoms with van der Waals surface area (Å²) in [7, 11) is 0. The zero-order valence-corrected chi connectivity index (χ0v) is 10.2. The molecule has 0 atom stereocenters. The number of nitrogens with zero attached hydrogens (tertiary/aromatic N) is 1. The van der Waals surface area contributed by atoms with Crippen molar-refractivity contribution in [2.45, 2.75) is 39.7 Å². The van der Waals surface area contributed by atoms with Gasteiger partial charge in [-0.25, -0.2) is 0 Å². The van der Waals surface area contributed by atoms with Crippen LogP contribution in [0.15, 0.2) is 18.2 Å². The molecule has 0 bridgehead atoms. The van der Waals surface area contributed by atoms with Crippen molar-refractivity contribution in [3.63, 3.8) is 0 Å². The fourth-order valence-electron chi connectivity index (χ4n) is 1.42. The fraction of sp³-hybridized carbons (Fsp3) is 0.500. The minimum atomic E-state index is -0.357. The normalized spacial score (nSPS) is 11.2. The Morgan fingerprint density at radius 3 is 2.50 bits per heavy atom. The number of rotatable bonds is 4. The van der Waals surface area contributed by atoms with Gasteiger partial charge in [-0.2, -0.15) is 0 Å². The van der Waals surface area contributed by atoms with Gasteiger partial charge in [-0.1, -0.05) is 6.92 Å². The third-order valence-corrected chi connectivity index (χ3v) is 2.76. The van der Waals surface area contributed by atoms with Gasteiger partial charge in [-0.15, -0.1) is 0 Å². The van der Waals surface area contributed by atoms with Crippen LogP contribution in [0.25, 0.3) is 0 Å². The summed E-state index contributed by atoms with van der Waals surface area (Å²) < 4.78 is 0. The van der Waals surface area contributed by atoms with Gasteiger partial charge in [-0.3, -0.25) is 10.1 Å². The molecule has 0 fully saturated rings. The minimum Gasteiger partial charge on any atom is -0.380 e. The Bertz CT molecular complexity index is 400. The number of nitro groups is 1. The molecule has 0 amide bonds. The van der Waals surface area contributed by atoms with E-state index >= 15 is 0 Å². The molecule has 0 aliphatic carbocycles. The third-order valence-electron chi connectivity index (χ3n) is 2.76. The summed E-state index contributed by atoms with van der Waals surface area (Å²) in [4.78, 5) is 10.3. The molecule has 0 aliphatic rings. The molecule has 0 saturated heterocycles. The number of nitro benzene ring substituents is 1. The van der Waals surface area contributed by atoms with E-state index in [0.717, 1.165) is 12.1 Å². The van der Waals surface area contributed by atoms with E-state index in [1.165, 1.54) is 0 Å². The van der Waals surface area contributed by atoms with Crippen molar-refractivity contribution in [2.75, 3.05) is 5.32 Å². The predicted molar refractivity (Wildman–Crippen MR) is 65.8 cm³/mol. The average Bonchev–Trinajstić information content (AvgIpc) is 2.16. The van der Waals surface area contributed by atoms with Crippen LogP contribution >= 0.6 is 0 Å².